The van der Waals surface area contributed by atoms with Crippen molar-refractivity contribution < 1.29 is 18.3 Å². The molecule has 0 bridgehead atoms. The number of ether oxygens (including phenoxy) is 1. The zero-order valence-electron chi connectivity index (χ0n) is 18.0. The number of methoxy groups -OCH3 is 1. The van der Waals surface area contributed by atoms with Gasteiger partial charge in [-0.2, -0.15) is 0 Å². The first-order valence-electron chi connectivity index (χ1n) is 10.4. The van der Waals surface area contributed by atoms with Gasteiger partial charge in [0.05, 0.1) is 12.9 Å². The number of anilines is 3. The molecule has 33 heavy (non-hydrogen) atoms. The molecule has 2 aromatic carbocycles. The first-order chi connectivity index (χ1) is 16.0. The van der Waals surface area contributed by atoms with Gasteiger partial charge in [0.1, 0.15) is 22.9 Å². The van der Waals surface area contributed by atoms with Crippen molar-refractivity contribution >= 4 is 34.9 Å². The van der Waals surface area contributed by atoms with Crippen molar-refractivity contribution in [2.45, 2.75) is 5.03 Å². The predicted molar refractivity (Wildman–Crippen MR) is 125 cm³/mol. The highest BCUT2D eigenvalue weighted by Gasteiger charge is 2.19. The molecule has 0 aliphatic carbocycles. The van der Waals surface area contributed by atoms with Gasteiger partial charge in [0.25, 0.3) is 0 Å². The monoisotopic (exact) mass is 471 g/mol. The minimum Gasteiger partial charge on any atom is -0.497 e. The van der Waals surface area contributed by atoms with Gasteiger partial charge in [-0.05, 0) is 24.3 Å². The number of hydrogen-bond donors (Lipinski definition) is 1. The van der Waals surface area contributed by atoms with Gasteiger partial charge in [0.2, 0.25) is 5.91 Å². The number of nitrogens with one attached hydrogen (secondary N) is 1. The molecule has 1 aliphatic rings. The van der Waals surface area contributed by atoms with Gasteiger partial charge in [0, 0.05) is 55.8 Å². The summed E-state index contributed by atoms with van der Waals surface area (Å²) in [7, 11) is 1.66. The number of rotatable bonds is 7. The molecule has 7 nitrogen and oxygen atoms in total. The Morgan fingerprint density at radius 3 is 2.58 bits per heavy atom. The smallest absolute Gasteiger partial charge is 0.234 e. The van der Waals surface area contributed by atoms with Crippen LogP contribution in [0.2, 0.25) is 0 Å². The summed E-state index contributed by atoms with van der Waals surface area (Å²) in [5, 5.41) is 3.21. The molecule has 1 N–H and O–H groups in total. The summed E-state index contributed by atoms with van der Waals surface area (Å²) >= 11 is 1.25. The van der Waals surface area contributed by atoms with Gasteiger partial charge in [0.15, 0.2) is 11.6 Å². The van der Waals surface area contributed by atoms with Crippen molar-refractivity contribution in [2.75, 3.05) is 54.2 Å². The van der Waals surface area contributed by atoms with Crippen molar-refractivity contribution in [3.63, 3.8) is 0 Å². The maximum atomic E-state index is 13.3. The number of hydrogen-bond acceptors (Lipinski definition) is 7. The molecular formula is C23H23F2N5O2S. The van der Waals surface area contributed by atoms with E-state index in [9.17, 15) is 13.6 Å². The van der Waals surface area contributed by atoms with Crippen molar-refractivity contribution in [1.29, 1.82) is 0 Å². The van der Waals surface area contributed by atoms with Crippen LogP contribution in [0.5, 0.6) is 5.75 Å². The zero-order valence-corrected chi connectivity index (χ0v) is 18.8. The number of carbonyl (C=O) groups is 1. The van der Waals surface area contributed by atoms with E-state index in [-0.39, 0.29) is 17.3 Å². The Kier molecular flexibility index (Phi) is 7.23. The molecule has 4 rings (SSSR count). The lowest BCUT2D eigenvalue weighted by atomic mass is 10.2. The number of thioether (sulfide) groups is 1. The van der Waals surface area contributed by atoms with E-state index in [1.165, 1.54) is 24.2 Å². The minimum atomic E-state index is -1.01. The van der Waals surface area contributed by atoms with Crippen LogP contribution in [0.25, 0.3) is 0 Å². The maximum absolute atomic E-state index is 13.3. The van der Waals surface area contributed by atoms with E-state index < -0.39 is 11.6 Å². The van der Waals surface area contributed by atoms with Crippen LogP contribution >= 0.6 is 11.8 Å². The first-order valence-corrected chi connectivity index (χ1v) is 11.3. The Morgan fingerprint density at radius 2 is 1.82 bits per heavy atom. The fourth-order valence-corrected chi connectivity index (χ4v) is 4.15. The van der Waals surface area contributed by atoms with Crippen LogP contribution in [0.1, 0.15) is 0 Å². The minimum absolute atomic E-state index is 0.0824. The molecule has 1 aliphatic heterocycles. The van der Waals surface area contributed by atoms with Gasteiger partial charge in [-0.3, -0.25) is 4.79 Å². The molecule has 0 spiro atoms. The van der Waals surface area contributed by atoms with Crippen LogP contribution in [0.15, 0.2) is 59.9 Å². The lowest BCUT2D eigenvalue weighted by Crippen LogP contribution is -2.46. The first kappa shape index (κ1) is 22.8. The Balaban J connectivity index is 1.30. The van der Waals surface area contributed by atoms with E-state index in [0.717, 1.165) is 55.6 Å². The second-order valence-electron chi connectivity index (χ2n) is 7.36. The summed E-state index contributed by atoms with van der Waals surface area (Å²) in [6, 6.07) is 13.1. The molecule has 1 fully saturated rings. The average Bonchev–Trinajstić information content (AvgIpc) is 2.85. The van der Waals surface area contributed by atoms with E-state index >= 15 is 0 Å². The zero-order chi connectivity index (χ0) is 23.2. The number of piperazine rings is 1. The molecule has 3 aromatic rings. The standard InChI is InChI=1S/C23H23F2N5O2S/c1-32-18-4-2-3-17(12-18)29-7-9-30(10-8-29)21-13-23(27-15-26-21)33-14-22(31)28-16-5-6-19(24)20(25)11-16/h2-6,11-13,15H,7-10,14H2,1H3,(H,28,31). The highest BCUT2D eigenvalue weighted by Crippen LogP contribution is 2.25. The van der Waals surface area contributed by atoms with E-state index in [1.54, 1.807) is 7.11 Å². The Morgan fingerprint density at radius 1 is 1.03 bits per heavy atom. The van der Waals surface area contributed by atoms with Gasteiger partial charge in [-0.15, -0.1) is 0 Å². The molecule has 0 atom stereocenters. The van der Waals surface area contributed by atoms with E-state index in [4.69, 9.17) is 4.74 Å². The fourth-order valence-electron chi connectivity index (χ4n) is 3.49. The second-order valence-corrected chi connectivity index (χ2v) is 8.35. The average molecular weight is 472 g/mol. The molecule has 172 valence electrons. The normalized spacial score (nSPS) is 13.7. The molecule has 1 saturated heterocycles. The molecule has 0 saturated carbocycles. The van der Waals surface area contributed by atoms with Crippen LogP contribution in [0, 0.1) is 11.6 Å². The molecule has 0 radical (unpaired) electrons. The quantitative estimate of drug-likeness (QED) is 0.415. The second kappa shape index (κ2) is 10.5. The number of nitrogens with zero attached hydrogens (tertiary/aromatic N) is 4. The molecular weight excluding hydrogens is 448 g/mol. The van der Waals surface area contributed by atoms with Crippen molar-refractivity contribution in [1.82, 2.24) is 9.97 Å². The topological polar surface area (TPSA) is 70.6 Å². The summed E-state index contributed by atoms with van der Waals surface area (Å²) in [6.45, 7) is 3.29. The number of amides is 1. The highest BCUT2D eigenvalue weighted by atomic mass is 32.2. The number of aromatic nitrogens is 2. The van der Waals surface area contributed by atoms with E-state index in [1.807, 2.05) is 24.3 Å². The third-order valence-corrected chi connectivity index (χ3v) is 6.13. The maximum Gasteiger partial charge on any atom is 0.234 e. The SMILES string of the molecule is COc1cccc(N2CCN(c3cc(SCC(=O)Nc4ccc(F)c(F)c4)ncn3)CC2)c1. The predicted octanol–water partition coefficient (Wildman–Crippen LogP) is 3.82. The summed E-state index contributed by atoms with van der Waals surface area (Å²) in [5.41, 5.74) is 1.33. The molecule has 1 aromatic heterocycles. The van der Waals surface area contributed by atoms with Gasteiger partial charge >= 0.3 is 0 Å². The molecule has 10 heteroatoms. The third kappa shape index (κ3) is 5.89. The van der Waals surface area contributed by atoms with Crippen LogP contribution in [0.3, 0.4) is 0 Å². The summed E-state index contributed by atoms with van der Waals surface area (Å²) in [6.07, 6.45) is 1.49. The Bertz CT molecular complexity index is 1130. The van der Waals surface area contributed by atoms with Crippen molar-refractivity contribution in [3.05, 3.63) is 66.5 Å². The summed E-state index contributed by atoms with van der Waals surface area (Å²) in [4.78, 5) is 25.3. The van der Waals surface area contributed by atoms with Crippen molar-refractivity contribution in [3.8, 4) is 5.75 Å². The Hall–Kier alpha value is -3.40. The van der Waals surface area contributed by atoms with Crippen LogP contribution in [-0.2, 0) is 4.79 Å². The lowest BCUT2D eigenvalue weighted by molar-refractivity contribution is -0.113. The van der Waals surface area contributed by atoms with Crippen LogP contribution in [0.4, 0.5) is 26.0 Å². The fraction of sp³-hybridized carbons (Fsp3) is 0.261. The highest BCUT2D eigenvalue weighted by molar-refractivity contribution is 7.99. The van der Waals surface area contributed by atoms with Gasteiger partial charge < -0.3 is 19.9 Å². The van der Waals surface area contributed by atoms with Crippen LogP contribution < -0.4 is 19.9 Å². The van der Waals surface area contributed by atoms with E-state index in [0.29, 0.717) is 5.03 Å². The van der Waals surface area contributed by atoms with Crippen LogP contribution in [-0.4, -0.2) is 54.9 Å². The molecule has 0 unspecified atom stereocenters. The molecule has 2 heterocycles. The van der Waals surface area contributed by atoms with Crippen molar-refractivity contribution in [2.24, 2.45) is 0 Å². The molecule has 1 amide bonds. The largest absolute Gasteiger partial charge is 0.497 e. The van der Waals surface area contributed by atoms with Gasteiger partial charge in [-0.25, -0.2) is 18.7 Å². The lowest BCUT2D eigenvalue weighted by Gasteiger charge is -2.36. The van der Waals surface area contributed by atoms with E-state index in [2.05, 4.69) is 31.2 Å². The number of benzene rings is 2. The summed E-state index contributed by atoms with van der Waals surface area (Å²) in [5.74, 6) is -0.579. The number of carbonyl (C=O) groups excluding carboxylic acids is 1. The third-order valence-electron chi connectivity index (χ3n) is 5.20. The summed E-state index contributed by atoms with van der Waals surface area (Å²) < 4.78 is 31.6. The Labute approximate surface area is 194 Å². The number of halogens is 2. The van der Waals surface area contributed by atoms with Gasteiger partial charge in [-0.1, -0.05) is 17.8 Å².